The number of carbonyl (C=O) groups is 2. The van der Waals surface area contributed by atoms with Crippen molar-refractivity contribution in [2.24, 2.45) is 5.41 Å². The summed E-state index contributed by atoms with van der Waals surface area (Å²) >= 11 is 0. The van der Waals surface area contributed by atoms with Crippen LogP contribution in [0, 0.1) is 5.41 Å². The van der Waals surface area contributed by atoms with E-state index < -0.39 is 11.4 Å². The van der Waals surface area contributed by atoms with Gasteiger partial charge in [-0.3, -0.25) is 9.59 Å². The summed E-state index contributed by atoms with van der Waals surface area (Å²) in [5.74, 6) is -0.439. The van der Waals surface area contributed by atoms with Gasteiger partial charge in [-0.2, -0.15) is 0 Å². The summed E-state index contributed by atoms with van der Waals surface area (Å²) in [5, 5.41) is 11.5. The van der Waals surface area contributed by atoms with Gasteiger partial charge in [0, 0.05) is 19.4 Å². The number of aliphatic carboxylic acids is 1. The van der Waals surface area contributed by atoms with Crippen LogP contribution < -0.4 is 5.32 Å². The van der Waals surface area contributed by atoms with Crippen molar-refractivity contribution in [1.29, 1.82) is 0 Å². The first kappa shape index (κ1) is 13.3. The maximum absolute atomic E-state index is 11.5. The third-order valence-electron chi connectivity index (χ3n) is 2.46. The molecule has 2 N–H and O–H groups in total. The molecular formula is C12H17NO4. The van der Waals surface area contributed by atoms with Crippen LogP contribution in [0.3, 0.4) is 0 Å². The monoisotopic (exact) mass is 239 g/mol. The number of rotatable bonds is 6. The van der Waals surface area contributed by atoms with Crippen LogP contribution in [0.5, 0.6) is 0 Å². The lowest BCUT2D eigenvalue weighted by Crippen LogP contribution is -2.34. The van der Waals surface area contributed by atoms with Crippen molar-refractivity contribution >= 4 is 11.9 Å². The highest BCUT2D eigenvalue weighted by Crippen LogP contribution is 2.19. The third kappa shape index (κ3) is 4.30. The fraction of sp³-hybridized carbons (Fsp3) is 0.500. The van der Waals surface area contributed by atoms with Crippen molar-refractivity contribution in [3.8, 4) is 0 Å². The summed E-state index contributed by atoms with van der Waals surface area (Å²) in [6, 6.07) is 3.61. The van der Waals surface area contributed by atoms with E-state index in [0.717, 1.165) is 5.76 Å². The fourth-order valence-corrected chi connectivity index (χ4v) is 1.32. The SMILES string of the molecule is CC(C)(CC(=O)NCCc1ccco1)C(=O)O. The Morgan fingerprint density at radius 1 is 1.47 bits per heavy atom. The Hall–Kier alpha value is -1.78. The lowest BCUT2D eigenvalue weighted by Gasteiger charge is -2.17. The highest BCUT2D eigenvalue weighted by Gasteiger charge is 2.29. The third-order valence-corrected chi connectivity index (χ3v) is 2.46. The molecule has 1 amide bonds. The van der Waals surface area contributed by atoms with Crippen LogP contribution >= 0.6 is 0 Å². The molecule has 1 heterocycles. The van der Waals surface area contributed by atoms with Gasteiger partial charge in [0.25, 0.3) is 0 Å². The molecule has 1 rings (SSSR count). The van der Waals surface area contributed by atoms with Gasteiger partial charge in [-0.05, 0) is 26.0 Å². The van der Waals surface area contributed by atoms with E-state index in [9.17, 15) is 9.59 Å². The molecule has 5 heteroatoms. The molecule has 0 fully saturated rings. The van der Waals surface area contributed by atoms with Crippen LogP contribution in [0.2, 0.25) is 0 Å². The molecule has 0 unspecified atom stereocenters. The standard InChI is InChI=1S/C12H17NO4/c1-12(2,11(15)16)8-10(14)13-6-5-9-4-3-7-17-9/h3-4,7H,5-6,8H2,1-2H3,(H,13,14)(H,15,16). The number of carboxylic acids is 1. The molecule has 0 atom stereocenters. The maximum atomic E-state index is 11.5. The van der Waals surface area contributed by atoms with Gasteiger partial charge in [0.2, 0.25) is 5.91 Å². The zero-order valence-corrected chi connectivity index (χ0v) is 10.0. The Bertz CT molecular complexity index is 381. The predicted octanol–water partition coefficient (Wildman–Crippen LogP) is 1.44. The zero-order valence-electron chi connectivity index (χ0n) is 10.0. The first-order valence-corrected chi connectivity index (χ1v) is 5.44. The summed E-state index contributed by atoms with van der Waals surface area (Å²) < 4.78 is 5.11. The molecule has 17 heavy (non-hydrogen) atoms. The van der Waals surface area contributed by atoms with Gasteiger partial charge in [0.1, 0.15) is 5.76 Å². The Morgan fingerprint density at radius 3 is 2.71 bits per heavy atom. The Labute approximate surface area is 99.8 Å². The van der Waals surface area contributed by atoms with E-state index in [0.29, 0.717) is 13.0 Å². The van der Waals surface area contributed by atoms with E-state index >= 15 is 0 Å². The highest BCUT2D eigenvalue weighted by atomic mass is 16.4. The second-order valence-electron chi connectivity index (χ2n) is 4.55. The van der Waals surface area contributed by atoms with Crippen LogP contribution in [-0.2, 0) is 16.0 Å². The number of amides is 1. The quantitative estimate of drug-likeness (QED) is 0.787. The second kappa shape index (κ2) is 5.52. The van der Waals surface area contributed by atoms with E-state index in [1.807, 2.05) is 6.07 Å². The smallest absolute Gasteiger partial charge is 0.309 e. The minimum absolute atomic E-state index is 0.0273. The fourth-order valence-electron chi connectivity index (χ4n) is 1.32. The molecule has 1 aromatic rings. The van der Waals surface area contributed by atoms with E-state index in [1.165, 1.54) is 13.8 Å². The van der Waals surface area contributed by atoms with Crippen LogP contribution in [-0.4, -0.2) is 23.5 Å². The van der Waals surface area contributed by atoms with Crippen molar-refractivity contribution in [2.75, 3.05) is 6.54 Å². The van der Waals surface area contributed by atoms with Crippen LogP contribution in [0.15, 0.2) is 22.8 Å². The Balaban J connectivity index is 2.28. The normalized spacial score (nSPS) is 11.2. The minimum Gasteiger partial charge on any atom is -0.481 e. The maximum Gasteiger partial charge on any atom is 0.309 e. The first-order chi connectivity index (χ1) is 7.92. The predicted molar refractivity (Wildman–Crippen MR) is 61.5 cm³/mol. The molecule has 0 aliphatic heterocycles. The van der Waals surface area contributed by atoms with Gasteiger partial charge in [-0.15, -0.1) is 0 Å². The van der Waals surface area contributed by atoms with E-state index in [2.05, 4.69) is 5.32 Å². The second-order valence-corrected chi connectivity index (χ2v) is 4.55. The molecule has 5 nitrogen and oxygen atoms in total. The van der Waals surface area contributed by atoms with Crippen LogP contribution in [0.25, 0.3) is 0 Å². The van der Waals surface area contributed by atoms with Gasteiger partial charge in [0.05, 0.1) is 11.7 Å². The lowest BCUT2D eigenvalue weighted by molar-refractivity contribution is -0.149. The molecule has 0 aliphatic rings. The molecule has 0 aromatic carbocycles. The minimum atomic E-state index is -1.03. The molecule has 0 aliphatic carbocycles. The summed E-state index contributed by atoms with van der Waals surface area (Å²) in [6.07, 6.45) is 2.15. The highest BCUT2D eigenvalue weighted by molar-refractivity contribution is 5.84. The van der Waals surface area contributed by atoms with Crippen molar-refractivity contribution < 1.29 is 19.1 Å². The van der Waals surface area contributed by atoms with Gasteiger partial charge >= 0.3 is 5.97 Å². The molecule has 0 spiro atoms. The van der Waals surface area contributed by atoms with Crippen molar-refractivity contribution in [1.82, 2.24) is 5.32 Å². The number of hydrogen-bond donors (Lipinski definition) is 2. The van der Waals surface area contributed by atoms with Crippen molar-refractivity contribution in [3.05, 3.63) is 24.2 Å². The number of hydrogen-bond acceptors (Lipinski definition) is 3. The summed E-state index contributed by atoms with van der Waals surface area (Å²) in [5.41, 5.74) is -1.03. The van der Waals surface area contributed by atoms with Gasteiger partial charge in [-0.25, -0.2) is 0 Å². The first-order valence-electron chi connectivity index (χ1n) is 5.44. The molecule has 1 aromatic heterocycles. The average molecular weight is 239 g/mol. The topological polar surface area (TPSA) is 79.5 Å². The van der Waals surface area contributed by atoms with Gasteiger partial charge in [-0.1, -0.05) is 0 Å². The largest absolute Gasteiger partial charge is 0.481 e. The Morgan fingerprint density at radius 2 is 2.18 bits per heavy atom. The van der Waals surface area contributed by atoms with E-state index in [1.54, 1.807) is 12.3 Å². The van der Waals surface area contributed by atoms with E-state index in [4.69, 9.17) is 9.52 Å². The summed E-state index contributed by atoms with van der Waals surface area (Å²) in [4.78, 5) is 22.3. The molecule has 0 bridgehead atoms. The van der Waals surface area contributed by atoms with Gasteiger partial charge < -0.3 is 14.8 Å². The molecular weight excluding hydrogens is 222 g/mol. The number of furan rings is 1. The average Bonchev–Trinajstić information content (AvgIpc) is 2.69. The van der Waals surface area contributed by atoms with Crippen molar-refractivity contribution in [3.63, 3.8) is 0 Å². The van der Waals surface area contributed by atoms with Crippen LogP contribution in [0.4, 0.5) is 0 Å². The Kier molecular flexibility index (Phi) is 4.31. The summed E-state index contributed by atoms with van der Waals surface area (Å²) in [6.45, 7) is 3.50. The summed E-state index contributed by atoms with van der Waals surface area (Å²) in [7, 11) is 0. The molecule has 94 valence electrons. The van der Waals surface area contributed by atoms with Crippen LogP contribution in [0.1, 0.15) is 26.0 Å². The molecule has 0 saturated heterocycles. The molecule has 0 saturated carbocycles. The number of carbonyl (C=O) groups excluding carboxylic acids is 1. The van der Waals surface area contributed by atoms with Crippen molar-refractivity contribution in [2.45, 2.75) is 26.7 Å². The lowest BCUT2D eigenvalue weighted by atomic mass is 9.89. The zero-order chi connectivity index (χ0) is 12.9. The van der Waals surface area contributed by atoms with E-state index in [-0.39, 0.29) is 12.3 Å². The van der Waals surface area contributed by atoms with Gasteiger partial charge in [0.15, 0.2) is 0 Å². The number of nitrogens with one attached hydrogen (secondary N) is 1. The molecule has 0 radical (unpaired) electrons. The number of carboxylic acid groups (broad SMARTS) is 1.